The van der Waals surface area contributed by atoms with Crippen molar-refractivity contribution < 1.29 is 8.42 Å². The first-order valence-electron chi connectivity index (χ1n) is 6.37. The molecule has 2 unspecified atom stereocenters. The Bertz CT molecular complexity index is 332. The van der Waals surface area contributed by atoms with Crippen LogP contribution in [0.5, 0.6) is 0 Å². The molecule has 102 valence electrons. The molecule has 0 bridgehead atoms. The predicted octanol–water partition coefficient (Wildman–Crippen LogP) is 0.645. The van der Waals surface area contributed by atoms with Gasteiger partial charge in [-0.3, -0.25) is 0 Å². The van der Waals surface area contributed by atoms with E-state index in [0.29, 0.717) is 13.1 Å². The Morgan fingerprint density at radius 1 is 1.41 bits per heavy atom. The number of rotatable bonds is 5. The lowest BCUT2D eigenvalue weighted by Gasteiger charge is -2.39. The summed E-state index contributed by atoms with van der Waals surface area (Å²) < 4.78 is 27.8. The van der Waals surface area contributed by atoms with E-state index in [1.807, 2.05) is 13.8 Å². The third kappa shape index (κ3) is 3.40. The normalized spacial score (nSPS) is 27.6. The number of nitrogens with one attached hydrogen (secondary N) is 1. The van der Waals surface area contributed by atoms with E-state index in [4.69, 9.17) is 0 Å². The zero-order chi connectivity index (χ0) is 13.1. The molecule has 1 fully saturated rings. The summed E-state index contributed by atoms with van der Waals surface area (Å²) in [4.78, 5) is 0. The second-order valence-electron chi connectivity index (χ2n) is 4.78. The Balaban J connectivity index is 2.74. The summed E-state index contributed by atoms with van der Waals surface area (Å²) in [7, 11) is -1.62. The summed E-state index contributed by atoms with van der Waals surface area (Å²) >= 11 is 0. The van der Waals surface area contributed by atoms with Crippen molar-refractivity contribution in [2.75, 3.05) is 26.7 Å². The van der Waals surface area contributed by atoms with Gasteiger partial charge in [0.15, 0.2) is 0 Å². The lowest BCUT2D eigenvalue weighted by molar-refractivity contribution is 0.219. The Morgan fingerprint density at radius 2 is 2.06 bits per heavy atom. The molecule has 1 rings (SSSR count). The Kier molecular flexibility index (Phi) is 5.37. The van der Waals surface area contributed by atoms with Crippen LogP contribution >= 0.6 is 0 Å². The van der Waals surface area contributed by atoms with Crippen LogP contribution in [0.4, 0.5) is 0 Å². The van der Waals surface area contributed by atoms with E-state index in [-0.39, 0.29) is 12.1 Å². The molecule has 1 aliphatic heterocycles. The fourth-order valence-corrected chi connectivity index (χ4v) is 3.67. The molecule has 2 atom stereocenters. The Labute approximate surface area is 105 Å². The van der Waals surface area contributed by atoms with Gasteiger partial charge in [0, 0.05) is 38.8 Å². The highest BCUT2D eigenvalue weighted by molar-refractivity contribution is 7.86. The first kappa shape index (κ1) is 14.9. The zero-order valence-corrected chi connectivity index (χ0v) is 12.1. The quantitative estimate of drug-likeness (QED) is 0.792. The number of piperazine rings is 1. The minimum Gasteiger partial charge on any atom is -0.311 e. The molecule has 5 nitrogen and oxygen atoms in total. The SMILES string of the molecule is CCCCN(C)S(=O)(=O)N1CCNC(C)C1C. The van der Waals surface area contributed by atoms with E-state index in [1.54, 1.807) is 11.4 Å². The van der Waals surface area contributed by atoms with Gasteiger partial charge in [0.05, 0.1) is 0 Å². The van der Waals surface area contributed by atoms with Gasteiger partial charge in [-0.2, -0.15) is 17.0 Å². The minimum atomic E-state index is -3.29. The molecule has 0 aromatic carbocycles. The van der Waals surface area contributed by atoms with Crippen molar-refractivity contribution >= 4 is 10.2 Å². The number of hydrogen-bond acceptors (Lipinski definition) is 3. The van der Waals surface area contributed by atoms with Crippen LogP contribution in [0.1, 0.15) is 33.6 Å². The summed E-state index contributed by atoms with van der Waals surface area (Å²) in [5, 5.41) is 3.29. The summed E-state index contributed by atoms with van der Waals surface area (Å²) in [6, 6.07) is 0.218. The molecule has 1 saturated heterocycles. The van der Waals surface area contributed by atoms with Crippen LogP contribution in [0.25, 0.3) is 0 Å². The van der Waals surface area contributed by atoms with E-state index in [1.165, 1.54) is 4.31 Å². The lowest BCUT2D eigenvalue weighted by atomic mass is 10.1. The first-order valence-corrected chi connectivity index (χ1v) is 7.77. The van der Waals surface area contributed by atoms with Gasteiger partial charge in [-0.25, -0.2) is 0 Å². The van der Waals surface area contributed by atoms with Crippen molar-refractivity contribution in [3.63, 3.8) is 0 Å². The van der Waals surface area contributed by atoms with Crippen molar-refractivity contribution in [1.82, 2.24) is 13.9 Å². The second kappa shape index (κ2) is 6.13. The Morgan fingerprint density at radius 3 is 2.65 bits per heavy atom. The highest BCUT2D eigenvalue weighted by Gasteiger charge is 2.35. The summed E-state index contributed by atoms with van der Waals surface area (Å²) in [6.45, 7) is 7.94. The predicted molar refractivity (Wildman–Crippen MR) is 70.1 cm³/mol. The van der Waals surface area contributed by atoms with Crippen LogP contribution in [0.15, 0.2) is 0 Å². The zero-order valence-electron chi connectivity index (χ0n) is 11.3. The van der Waals surface area contributed by atoms with Gasteiger partial charge in [0.25, 0.3) is 10.2 Å². The third-order valence-electron chi connectivity index (χ3n) is 3.49. The molecule has 1 N–H and O–H groups in total. The van der Waals surface area contributed by atoms with Gasteiger partial charge in [-0.15, -0.1) is 0 Å². The van der Waals surface area contributed by atoms with Gasteiger partial charge < -0.3 is 5.32 Å². The third-order valence-corrected chi connectivity index (χ3v) is 5.57. The van der Waals surface area contributed by atoms with Crippen molar-refractivity contribution in [2.24, 2.45) is 0 Å². The maximum absolute atomic E-state index is 12.4. The highest BCUT2D eigenvalue weighted by Crippen LogP contribution is 2.16. The van der Waals surface area contributed by atoms with Gasteiger partial charge in [-0.05, 0) is 20.3 Å². The largest absolute Gasteiger partial charge is 0.311 e. The maximum atomic E-state index is 12.4. The van der Waals surface area contributed by atoms with E-state index < -0.39 is 10.2 Å². The fourth-order valence-electron chi connectivity index (χ4n) is 2.03. The van der Waals surface area contributed by atoms with Gasteiger partial charge >= 0.3 is 0 Å². The van der Waals surface area contributed by atoms with E-state index in [2.05, 4.69) is 12.2 Å². The summed E-state index contributed by atoms with van der Waals surface area (Å²) in [6.07, 6.45) is 1.92. The molecule has 6 heteroatoms. The van der Waals surface area contributed by atoms with Crippen LogP contribution in [-0.2, 0) is 10.2 Å². The van der Waals surface area contributed by atoms with Gasteiger partial charge in [-0.1, -0.05) is 13.3 Å². The molecule has 1 heterocycles. The molecule has 0 aromatic heterocycles. The van der Waals surface area contributed by atoms with Crippen LogP contribution < -0.4 is 5.32 Å². The van der Waals surface area contributed by atoms with E-state index in [9.17, 15) is 8.42 Å². The molecule has 0 aromatic rings. The topological polar surface area (TPSA) is 52.7 Å². The Hall–Kier alpha value is -0.170. The maximum Gasteiger partial charge on any atom is 0.282 e. The van der Waals surface area contributed by atoms with Crippen LogP contribution in [0.3, 0.4) is 0 Å². The average molecular weight is 263 g/mol. The monoisotopic (exact) mass is 263 g/mol. The molecular weight excluding hydrogens is 238 g/mol. The smallest absolute Gasteiger partial charge is 0.282 e. The summed E-state index contributed by atoms with van der Waals surface area (Å²) in [5.41, 5.74) is 0. The fraction of sp³-hybridized carbons (Fsp3) is 1.00. The average Bonchev–Trinajstić information content (AvgIpc) is 2.29. The van der Waals surface area contributed by atoms with Crippen molar-refractivity contribution in [3.05, 3.63) is 0 Å². The first-order chi connectivity index (χ1) is 7.91. The van der Waals surface area contributed by atoms with Crippen molar-refractivity contribution in [1.29, 1.82) is 0 Å². The van der Waals surface area contributed by atoms with Crippen molar-refractivity contribution in [3.8, 4) is 0 Å². The molecular formula is C11H25N3O2S. The standard InChI is InChI=1S/C11H25N3O2S/c1-5-6-8-13(4)17(15,16)14-9-7-12-10(2)11(14)3/h10-12H,5-9H2,1-4H3. The molecule has 0 radical (unpaired) electrons. The van der Waals surface area contributed by atoms with Crippen LogP contribution in [-0.4, -0.2) is 55.8 Å². The van der Waals surface area contributed by atoms with E-state index in [0.717, 1.165) is 19.4 Å². The number of unbranched alkanes of at least 4 members (excludes halogenated alkanes) is 1. The van der Waals surface area contributed by atoms with Crippen molar-refractivity contribution in [2.45, 2.75) is 45.7 Å². The number of hydrogen-bond donors (Lipinski definition) is 1. The molecule has 0 saturated carbocycles. The molecule has 17 heavy (non-hydrogen) atoms. The highest BCUT2D eigenvalue weighted by atomic mass is 32.2. The molecule has 1 aliphatic rings. The van der Waals surface area contributed by atoms with Crippen LogP contribution in [0, 0.1) is 0 Å². The van der Waals surface area contributed by atoms with Crippen LogP contribution in [0.2, 0.25) is 0 Å². The van der Waals surface area contributed by atoms with Gasteiger partial charge in [0.1, 0.15) is 0 Å². The molecule has 0 aliphatic carbocycles. The summed E-state index contributed by atoms with van der Waals surface area (Å²) in [5.74, 6) is 0. The van der Waals surface area contributed by atoms with E-state index >= 15 is 0 Å². The minimum absolute atomic E-state index is 0.0119. The second-order valence-corrected chi connectivity index (χ2v) is 6.77. The lowest BCUT2D eigenvalue weighted by Crippen LogP contribution is -2.59. The number of nitrogens with zero attached hydrogens (tertiary/aromatic N) is 2. The molecule has 0 amide bonds. The van der Waals surface area contributed by atoms with Gasteiger partial charge in [0.2, 0.25) is 0 Å². The molecule has 0 spiro atoms.